The summed E-state index contributed by atoms with van der Waals surface area (Å²) in [5.41, 5.74) is 7.62. The number of carbonyl (C=O) groups is 2. The lowest BCUT2D eigenvalue weighted by Crippen LogP contribution is -2.45. The standard InChI is InChI=1S/C16H22N2O2/c1-11-8-9-12(2)14(10-11)16(20)18-17-15(19)13-6-4-3-5-7-13/h8-10,13H,3-7H2,1-2H3,(H,17,19)(H,18,20). The van der Waals surface area contributed by atoms with Crippen LogP contribution in [0.4, 0.5) is 0 Å². The van der Waals surface area contributed by atoms with E-state index in [-0.39, 0.29) is 17.7 Å². The summed E-state index contributed by atoms with van der Waals surface area (Å²) < 4.78 is 0. The maximum absolute atomic E-state index is 12.1. The number of carbonyl (C=O) groups excluding carboxylic acids is 2. The molecule has 0 saturated heterocycles. The number of aryl methyl sites for hydroxylation is 2. The molecule has 1 saturated carbocycles. The van der Waals surface area contributed by atoms with Crippen LogP contribution in [0.15, 0.2) is 18.2 Å². The summed E-state index contributed by atoms with van der Waals surface area (Å²) in [6.07, 6.45) is 5.25. The fourth-order valence-electron chi connectivity index (χ4n) is 2.63. The second-order valence-electron chi connectivity index (χ2n) is 5.60. The first-order valence-corrected chi connectivity index (χ1v) is 7.25. The first-order valence-electron chi connectivity index (χ1n) is 7.25. The minimum Gasteiger partial charge on any atom is -0.273 e. The molecule has 20 heavy (non-hydrogen) atoms. The van der Waals surface area contributed by atoms with Gasteiger partial charge in [0.1, 0.15) is 0 Å². The van der Waals surface area contributed by atoms with E-state index in [4.69, 9.17) is 0 Å². The van der Waals surface area contributed by atoms with Crippen LogP contribution in [0.3, 0.4) is 0 Å². The van der Waals surface area contributed by atoms with Crippen LogP contribution in [0.25, 0.3) is 0 Å². The molecule has 0 unspecified atom stereocenters. The van der Waals surface area contributed by atoms with E-state index in [0.717, 1.165) is 36.8 Å². The minimum atomic E-state index is -0.254. The van der Waals surface area contributed by atoms with Crippen molar-refractivity contribution in [3.63, 3.8) is 0 Å². The Balaban J connectivity index is 1.91. The second-order valence-corrected chi connectivity index (χ2v) is 5.60. The van der Waals surface area contributed by atoms with Gasteiger partial charge in [0.25, 0.3) is 5.91 Å². The lowest BCUT2D eigenvalue weighted by molar-refractivity contribution is -0.126. The Morgan fingerprint density at radius 1 is 1.05 bits per heavy atom. The van der Waals surface area contributed by atoms with E-state index in [1.807, 2.05) is 32.0 Å². The van der Waals surface area contributed by atoms with Crippen LogP contribution < -0.4 is 10.9 Å². The molecule has 0 spiro atoms. The van der Waals surface area contributed by atoms with Gasteiger partial charge in [-0.05, 0) is 38.3 Å². The van der Waals surface area contributed by atoms with Gasteiger partial charge in [-0.3, -0.25) is 20.4 Å². The van der Waals surface area contributed by atoms with E-state index < -0.39 is 0 Å². The van der Waals surface area contributed by atoms with Gasteiger partial charge in [-0.25, -0.2) is 0 Å². The van der Waals surface area contributed by atoms with Crippen LogP contribution in [0.2, 0.25) is 0 Å². The third-order valence-electron chi connectivity index (χ3n) is 3.91. The highest BCUT2D eigenvalue weighted by atomic mass is 16.2. The zero-order valence-corrected chi connectivity index (χ0v) is 12.2. The molecule has 2 rings (SSSR count). The SMILES string of the molecule is Cc1ccc(C)c(C(=O)NNC(=O)C2CCCCC2)c1. The fourth-order valence-corrected chi connectivity index (χ4v) is 2.63. The molecule has 0 aromatic heterocycles. The Hall–Kier alpha value is -1.84. The first-order chi connectivity index (χ1) is 9.58. The van der Waals surface area contributed by atoms with Crippen molar-refractivity contribution in [2.75, 3.05) is 0 Å². The van der Waals surface area contributed by atoms with E-state index in [2.05, 4.69) is 10.9 Å². The lowest BCUT2D eigenvalue weighted by atomic mass is 9.89. The van der Waals surface area contributed by atoms with Gasteiger partial charge < -0.3 is 0 Å². The largest absolute Gasteiger partial charge is 0.273 e. The van der Waals surface area contributed by atoms with Crippen LogP contribution in [0, 0.1) is 19.8 Å². The van der Waals surface area contributed by atoms with Gasteiger partial charge in [0.15, 0.2) is 0 Å². The highest BCUT2D eigenvalue weighted by Crippen LogP contribution is 2.23. The van der Waals surface area contributed by atoms with Gasteiger partial charge in [-0.2, -0.15) is 0 Å². The van der Waals surface area contributed by atoms with E-state index in [1.165, 1.54) is 6.42 Å². The molecule has 108 valence electrons. The van der Waals surface area contributed by atoms with Crippen LogP contribution >= 0.6 is 0 Å². The van der Waals surface area contributed by atoms with Crippen molar-refractivity contribution in [3.8, 4) is 0 Å². The predicted octanol–water partition coefficient (Wildman–Crippen LogP) is 2.64. The summed E-state index contributed by atoms with van der Waals surface area (Å²) in [7, 11) is 0. The Morgan fingerprint density at radius 3 is 2.45 bits per heavy atom. The third kappa shape index (κ3) is 3.59. The average Bonchev–Trinajstić information content (AvgIpc) is 2.47. The predicted molar refractivity (Wildman–Crippen MR) is 78.1 cm³/mol. The number of rotatable bonds is 2. The van der Waals surface area contributed by atoms with Crippen molar-refractivity contribution in [1.82, 2.24) is 10.9 Å². The summed E-state index contributed by atoms with van der Waals surface area (Å²) in [6, 6.07) is 5.71. The zero-order valence-electron chi connectivity index (χ0n) is 12.2. The molecule has 0 radical (unpaired) electrons. The number of nitrogens with one attached hydrogen (secondary N) is 2. The fraction of sp³-hybridized carbons (Fsp3) is 0.500. The molecule has 0 aliphatic heterocycles. The van der Waals surface area contributed by atoms with Gasteiger partial charge in [0.2, 0.25) is 5.91 Å². The van der Waals surface area contributed by atoms with Gasteiger partial charge in [-0.1, -0.05) is 37.0 Å². The molecule has 1 aromatic carbocycles. The normalized spacial score (nSPS) is 15.7. The summed E-state index contributed by atoms with van der Waals surface area (Å²) in [6.45, 7) is 3.83. The smallest absolute Gasteiger partial charge is 0.269 e. The first kappa shape index (κ1) is 14.6. The van der Waals surface area contributed by atoms with Crippen LogP contribution in [-0.2, 0) is 4.79 Å². The lowest BCUT2D eigenvalue weighted by Gasteiger charge is -2.21. The quantitative estimate of drug-likeness (QED) is 0.815. The maximum Gasteiger partial charge on any atom is 0.269 e. The summed E-state index contributed by atoms with van der Waals surface area (Å²) in [5.74, 6) is -0.277. The molecule has 4 nitrogen and oxygen atoms in total. The Kier molecular flexibility index (Phi) is 4.77. The molecule has 4 heteroatoms. The number of hydrazine groups is 1. The molecular weight excluding hydrogens is 252 g/mol. The van der Waals surface area contributed by atoms with Gasteiger partial charge in [-0.15, -0.1) is 0 Å². The van der Waals surface area contributed by atoms with Crippen molar-refractivity contribution in [1.29, 1.82) is 0 Å². The Morgan fingerprint density at radius 2 is 1.75 bits per heavy atom. The molecule has 1 fully saturated rings. The van der Waals surface area contributed by atoms with E-state index >= 15 is 0 Å². The average molecular weight is 274 g/mol. The van der Waals surface area contributed by atoms with Gasteiger partial charge in [0.05, 0.1) is 0 Å². The highest BCUT2D eigenvalue weighted by molar-refractivity contribution is 5.97. The second kappa shape index (κ2) is 6.55. The molecule has 0 atom stereocenters. The molecule has 0 bridgehead atoms. The summed E-state index contributed by atoms with van der Waals surface area (Å²) >= 11 is 0. The minimum absolute atomic E-state index is 0.0441. The maximum atomic E-state index is 12.1. The van der Waals surface area contributed by atoms with Crippen molar-refractivity contribution >= 4 is 11.8 Å². The molecule has 1 aliphatic carbocycles. The van der Waals surface area contributed by atoms with E-state index in [0.29, 0.717) is 5.56 Å². The topological polar surface area (TPSA) is 58.2 Å². The van der Waals surface area contributed by atoms with Crippen molar-refractivity contribution in [3.05, 3.63) is 34.9 Å². The van der Waals surface area contributed by atoms with Crippen molar-refractivity contribution < 1.29 is 9.59 Å². The van der Waals surface area contributed by atoms with Gasteiger partial charge >= 0.3 is 0 Å². The Labute approximate surface area is 119 Å². The van der Waals surface area contributed by atoms with Crippen molar-refractivity contribution in [2.45, 2.75) is 46.0 Å². The number of hydrogen-bond donors (Lipinski definition) is 2. The number of benzene rings is 1. The number of hydrogen-bond acceptors (Lipinski definition) is 2. The highest BCUT2D eigenvalue weighted by Gasteiger charge is 2.21. The molecule has 2 N–H and O–H groups in total. The molecule has 1 aromatic rings. The zero-order chi connectivity index (χ0) is 14.5. The Bertz CT molecular complexity index is 505. The third-order valence-corrected chi connectivity index (χ3v) is 3.91. The van der Waals surface area contributed by atoms with Gasteiger partial charge in [0, 0.05) is 11.5 Å². The summed E-state index contributed by atoms with van der Waals surface area (Å²) in [4.78, 5) is 24.0. The van der Waals surface area contributed by atoms with E-state index in [9.17, 15) is 9.59 Å². The number of amides is 2. The molecule has 1 aliphatic rings. The monoisotopic (exact) mass is 274 g/mol. The van der Waals surface area contributed by atoms with Crippen molar-refractivity contribution in [2.24, 2.45) is 5.92 Å². The van der Waals surface area contributed by atoms with Crippen LogP contribution in [0.1, 0.15) is 53.6 Å². The summed E-state index contributed by atoms with van der Waals surface area (Å²) in [5, 5.41) is 0. The molecule has 0 heterocycles. The van der Waals surface area contributed by atoms with Crippen LogP contribution in [-0.4, -0.2) is 11.8 Å². The molecule has 2 amide bonds. The molecular formula is C16H22N2O2. The van der Waals surface area contributed by atoms with E-state index in [1.54, 1.807) is 0 Å². The van der Waals surface area contributed by atoms with Crippen LogP contribution in [0.5, 0.6) is 0 Å².